The summed E-state index contributed by atoms with van der Waals surface area (Å²) >= 11 is 0. The molecule has 18 heavy (non-hydrogen) atoms. The molecule has 0 fully saturated rings. The molecule has 0 saturated carbocycles. The van der Waals surface area contributed by atoms with Gasteiger partial charge in [0.05, 0.1) is 0 Å². The molecule has 1 radical (unpaired) electrons. The van der Waals surface area contributed by atoms with E-state index in [2.05, 4.69) is 49.1 Å². The Bertz CT molecular complexity index is 701. The van der Waals surface area contributed by atoms with E-state index in [1.807, 2.05) is 10.8 Å². The summed E-state index contributed by atoms with van der Waals surface area (Å²) < 4.78 is 1.94. The van der Waals surface area contributed by atoms with Crippen molar-refractivity contribution in [1.82, 2.24) is 14.5 Å². The molecule has 0 saturated heterocycles. The Balaban J connectivity index is 0.00000120. The fourth-order valence-corrected chi connectivity index (χ4v) is 2.37. The van der Waals surface area contributed by atoms with Crippen LogP contribution in [0, 0.1) is 7.05 Å². The van der Waals surface area contributed by atoms with Crippen LogP contribution in [0.25, 0.3) is 21.9 Å². The average Bonchev–Trinajstić information content (AvgIpc) is 2.64. The molecule has 2 aromatic heterocycles. The maximum Gasteiger partial charge on any atom is 0.113 e. The van der Waals surface area contributed by atoms with Crippen LogP contribution in [-0.2, 0) is 32.7 Å². The van der Waals surface area contributed by atoms with Gasteiger partial charge in [-0.25, -0.2) is 4.98 Å². The van der Waals surface area contributed by atoms with Crippen molar-refractivity contribution in [3.63, 3.8) is 0 Å². The third-order valence-electron chi connectivity index (χ3n) is 3.20. The largest absolute Gasteiger partial charge is 0.478 e. The Labute approximate surface area is 131 Å². The molecule has 3 nitrogen and oxygen atoms in total. The minimum atomic E-state index is 0. The maximum absolute atomic E-state index is 4.36. The fraction of sp³-hybridized carbons (Fsp3) is 0.214. The predicted molar refractivity (Wildman–Crippen MR) is 69.9 cm³/mol. The molecule has 4 heteroatoms. The van der Waals surface area contributed by atoms with E-state index in [0.717, 1.165) is 21.9 Å². The predicted octanol–water partition coefficient (Wildman–Crippen LogP) is 3.35. The van der Waals surface area contributed by atoms with Gasteiger partial charge in [-0.2, -0.15) is 0 Å². The quantitative estimate of drug-likeness (QED) is 0.645. The number of para-hydroxylation sites is 1. The van der Waals surface area contributed by atoms with Crippen LogP contribution >= 0.6 is 0 Å². The van der Waals surface area contributed by atoms with E-state index in [1.54, 1.807) is 6.33 Å². The van der Waals surface area contributed by atoms with Crippen LogP contribution in [0.2, 0.25) is 0 Å². The van der Waals surface area contributed by atoms with E-state index < -0.39 is 0 Å². The van der Waals surface area contributed by atoms with Crippen LogP contribution in [0.1, 0.15) is 25.3 Å². The monoisotopic (exact) mass is 313 g/mol. The van der Waals surface area contributed by atoms with Crippen LogP contribution in [0.3, 0.4) is 0 Å². The molecule has 0 bridgehead atoms. The van der Waals surface area contributed by atoms with Crippen molar-refractivity contribution in [2.45, 2.75) is 19.8 Å². The Kier molecular flexibility index (Phi) is 3.74. The van der Waals surface area contributed by atoms with E-state index in [1.165, 1.54) is 5.56 Å². The standard InChI is InChI=1S/C14H14N3.Y/c1-9(2)10-5-4-6-11-13-12(7-15-8-16-13)17(3)14(10)11;/h4-9H,3H2,1-2H3;/q-1;. The first-order valence-corrected chi connectivity index (χ1v) is 5.74. The molecular formula is C14H14N3Y-. The summed E-state index contributed by atoms with van der Waals surface area (Å²) in [6.45, 7) is 4.39. The topological polar surface area (TPSA) is 30.7 Å². The zero-order chi connectivity index (χ0) is 12.0. The van der Waals surface area contributed by atoms with Crippen LogP contribution in [0.15, 0.2) is 30.7 Å². The molecule has 3 rings (SSSR count). The van der Waals surface area contributed by atoms with Gasteiger partial charge in [-0.1, -0.05) is 43.1 Å². The Morgan fingerprint density at radius 3 is 2.78 bits per heavy atom. The maximum atomic E-state index is 4.36. The minimum absolute atomic E-state index is 0. The summed E-state index contributed by atoms with van der Waals surface area (Å²) in [6, 6.07) is 6.33. The summed E-state index contributed by atoms with van der Waals surface area (Å²) in [4.78, 5) is 8.43. The summed E-state index contributed by atoms with van der Waals surface area (Å²) in [7, 11) is 4.12. The van der Waals surface area contributed by atoms with Crippen molar-refractivity contribution in [1.29, 1.82) is 0 Å². The molecule has 0 aliphatic rings. The molecule has 89 valence electrons. The zero-order valence-corrected chi connectivity index (χ0v) is 13.4. The van der Waals surface area contributed by atoms with E-state index in [0.29, 0.717) is 5.92 Å². The second-order valence-corrected chi connectivity index (χ2v) is 4.58. The Morgan fingerprint density at radius 1 is 1.28 bits per heavy atom. The van der Waals surface area contributed by atoms with E-state index >= 15 is 0 Å². The van der Waals surface area contributed by atoms with Crippen LogP contribution < -0.4 is 0 Å². The molecule has 0 N–H and O–H groups in total. The SMILES string of the molecule is [CH2-]n1c2cncnc2c2cccc(C(C)C)c21.[Y]. The summed E-state index contributed by atoms with van der Waals surface area (Å²) in [6.07, 6.45) is 3.41. The molecule has 0 spiro atoms. The smallest absolute Gasteiger partial charge is 0.113 e. The number of benzene rings is 1. The van der Waals surface area contributed by atoms with Gasteiger partial charge in [0, 0.05) is 38.2 Å². The van der Waals surface area contributed by atoms with Crippen molar-refractivity contribution < 1.29 is 32.7 Å². The summed E-state index contributed by atoms with van der Waals surface area (Å²) in [5.74, 6) is 0.469. The Morgan fingerprint density at radius 2 is 2.06 bits per heavy atom. The second kappa shape index (κ2) is 4.98. The molecule has 1 aromatic carbocycles. The van der Waals surface area contributed by atoms with Gasteiger partial charge in [0.2, 0.25) is 0 Å². The van der Waals surface area contributed by atoms with E-state index in [9.17, 15) is 0 Å². The van der Waals surface area contributed by atoms with Crippen molar-refractivity contribution in [3.8, 4) is 0 Å². The number of fused-ring (bicyclic) bond motifs is 3. The van der Waals surface area contributed by atoms with Gasteiger partial charge in [0.15, 0.2) is 0 Å². The number of rotatable bonds is 1. The first-order chi connectivity index (χ1) is 8.20. The molecule has 2 heterocycles. The normalized spacial score (nSPS) is 11.1. The van der Waals surface area contributed by atoms with Crippen molar-refractivity contribution in [3.05, 3.63) is 43.3 Å². The summed E-state index contributed by atoms with van der Waals surface area (Å²) in [5, 5.41) is 1.16. The fourth-order valence-electron chi connectivity index (χ4n) is 2.37. The summed E-state index contributed by atoms with van der Waals surface area (Å²) in [5.41, 5.74) is 4.43. The van der Waals surface area contributed by atoms with Gasteiger partial charge >= 0.3 is 0 Å². The second-order valence-electron chi connectivity index (χ2n) is 4.58. The molecule has 0 unspecified atom stereocenters. The van der Waals surface area contributed by atoms with Crippen molar-refractivity contribution in [2.75, 3.05) is 0 Å². The van der Waals surface area contributed by atoms with Crippen LogP contribution in [0.5, 0.6) is 0 Å². The van der Waals surface area contributed by atoms with Gasteiger partial charge in [-0.05, 0) is 23.0 Å². The third-order valence-corrected chi connectivity index (χ3v) is 3.20. The van der Waals surface area contributed by atoms with Crippen molar-refractivity contribution >= 4 is 21.9 Å². The first kappa shape index (κ1) is 13.5. The van der Waals surface area contributed by atoms with E-state index in [4.69, 9.17) is 0 Å². The first-order valence-electron chi connectivity index (χ1n) is 5.74. The van der Waals surface area contributed by atoms with Gasteiger partial charge in [-0.3, -0.25) is 4.98 Å². The van der Waals surface area contributed by atoms with E-state index in [-0.39, 0.29) is 32.7 Å². The molecule has 0 atom stereocenters. The zero-order valence-electron chi connectivity index (χ0n) is 10.6. The van der Waals surface area contributed by atoms with Crippen LogP contribution in [-0.4, -0.2) is 14.5 Å². The molecule has 0 aliphatic heterocycles. The molecular weight excluding hydrogens is 299 g/mol. The molecule has 0 amide bonds. The molecule has 3 aromatic rings. The van der Waals surface area contributed by atoms with Gasteiger partial charge in [0.25, 0.3) is 0 Å². The number of aromatic nitrogens is 3. The van der Waals surface area contributed by atoms with Crippen molar-refractivity contribution in [2.24, 2.45) is 0 Å². The van der Waals surface area contributed by atoms with Crippen LogP contribution in [0.4, 0.5) is 0 Å². The number of hydrogen-bond acceptors (Lipinski definition) is 2. The third kappa shape index (κ3) is 1.86. The van der Waals surface area contributed by atoms with Gasteiger partial charge in [0.1, 0.15) is 6.33 Å². The minimum Gasteiger partial charge on any atom is -0.478 e. The Hall–Kier alpha value is -0.926. The number of nitrogens with zero attached hydrogens (tertiary/aromatic N) is 3. The molecule has 0 aliphatic carbocycles. The number of hydrogen-bond donors (Lipinski definition) is 0. The van der Waals surface area contributed by atoms with Gasteiger partial charge in [-0.15, -0.1) is 7.05 Å². The average molecular weight is 313 g/mol. The van der Waals surface area contributed by atoms with Gasteiger partial charge < -0.3 is 4.57 Å².